The molecule has 0 aliphatic rings. The Morgan fingerprint density at radius 2 is 2.00 bits per heavy atom. The Labute approximate surface area is 164 Å². The first-order chi connectivity index (χ1) is 12.9. The lowest BCUT2D eigenvalue weighted by atomic mass is 10.0. The molecule has 6 nitrogen and oxygen atoms in total. The lowest BCUT2D eigenvalue weighted by molar-refractivity contribution is 0.485. The van der Waals surface area contributed by atoms with Gasteiger partial charge in [0, 0.05) is 24.9 Å². The van der Waals surface area contributed by atoms with E-state index in [1.165, 1.54) is 34.2 Å². The van der Waals surface area contributed by atoms with Crippen molar-refractivity contribution in [3.05, 3.63) is 56.8 Å². The van der Waals surface area contributed by atoms with Crippen LogP contribution in [0.25, 0.3) is 21.3 Å². The van der Waals surface area contributed by atoms with Gasteiger partial charge in [0.05, 0.1) is 11.1 Å². The lowest BCUT2D eigenvalue weighted by Crippen LogP contribution is -2.19. The van der Waals surface area contributed by atoms with E-state index in [0.29, 0.717) is 28.1 Å². The van der Waals surface area contributed by atoms with Crippen molar-refractivity contribution in [3.63, 3.8) is 0 Å². The third-order valence-electron chi connectivity index (χ3n) is 4.48. The highest BCUT2D eigenvalue weighted by molar-refractivity contribution is 7.98. The van der Waals surface area contributed by atoms with Crippen LogP contribution in [0.3, 0.4) is 0 Å². The molecule has 0 saturated heterocycles. The van der Waals surface area contributed by atoms with E-state index in [1.54, 1.807) is 18.5 Å². The van der Waals surface area contributed by atoms with E-state index in [0.717, 1.165) is 16.0 Å². The van der Waals surface area contributed by atoms with E-state index >= 15 is 0 Å². The Morgan fingerprint density at radius 1 is 1.19 bits per heavy atom. The SMILES string of the molecule is Cc1nnc(CSc2nc3scc(-c4ccc(C)c(C)c4)c3c(=O)n2C)o1. The summed E-state index contributed by atoms with van der Waals surface area (Å²) in [6.45, 7) is 5.92. The maximum Gasteiger partial charge on any atom is 0.263 e. The number of aromatic nitrogens is 4. The predicted octanol–water partition coefficient (Wildman–Crippen LogP) is 4.26. The second-order valence-corrected chi connectivity index (χ2v) is 8.19. The molecule has 0 aliphatic carbocycles. The summed E-state index contributed by atoms with van der Waals surface area (Å²) in [6, 6.07) is 6.27. The third kappa shape index (κ3) is 3.30. The zero-order chi connectivity index (χ0) is 19.1. The van der Waals surface area contributed by atoms with Crippen molar-refractivity contribution in [2.45, 2.75) is 31.7 Å². The van der Waals surface area contributed by atoms with Crippen LogP contribution in [0.5, 0.6) is 0 Å². The average molecular weight is 399 g/mol. The van der Waals surface area contributed by atoms with Crippen LogP contribution in [0, 0.1) is 20.8 Å². The molecule has 8 heteroatoms. The number of rotatable bonds is 4. The van der Waals surface area contributed by atoms with E-state index in [1.807, 2.05) is 5.38 Å². The molecule has 0 saturated carbocycles. The quantitative estimate of drug-likeness (QED) is 0.378. The molecule has 0 radical (unpaired) electrons. The molecule has 3 heterocycles. The van der Waals surface area contributed by atoms with Crippen LogP contribution in [-0.4, -0.2) is 19.7 Å². The fourth-order valence-corrected chi connectivity index (χ4v) is 4.62. The highest BCUT2D eigenvalue weighted by Crippen LogP contribution is 2.33. The Balaban J connectivity index is 1.74. The van der Waals surface area contributed by atoms with Gasteiger partial charge in [0.2, 0.25) is 11.8 Å². The highest BCUT2D eigenvalue weighted by Gasteiger charge is 2.16. The molecule has 138 valence electrons. The Kier molecular flexibility index (Phi) is 4.61. The molecule has 4 aromatic rings. The summed E-state index contributed by atoms with van der Waals surface area (Å²) in [7, 11) is 1.75. The van der Waals surface area contributed by atoms with Gasteiger partial charge in [-0.2, -0.15) is 0 Å². The van der Waals surface area contributed by atoms with E-state index < -0.39 is 0 Å². The minimum atomic E-state index is -0.0429. The maximum atomic E-state index is 13.0. The molecule has 0 bridgehead atoms. The molecule has 0 spiro atoms. The number of thioether (sulfide) groups is 1. The van der Waals surface area contributed by atoms with E-state index in [4.69, 9.17) is 9.40 Å². The fraction of sp³-hybridized carbons (Fsp3) is 0.263. The van der Waals surface area contributed by atoms with Gasteiger partial charge in [-0.3, -0.25) is 9.36 Å². The number of aryl methyl sites for hydroxylation is 3. The predicted molar refractivity (Wildman–Crippen MR) is 108 cm³/mol. The lowest BCUT2D eigenvalue weighted by Gasteiger charge is -2.08. The normalized spacial score (nSPS) is 11.4. The van der Waals surface area contributed by atoms with Crippen LogP contribution in [0.1, 0.15) is 22.9 Å². The maximum absolute atomic E-state index is 13.0. The summed E-state index contributed by atoms with van der Waals surface area (Å²) in [6.07, 6.45) is 0. The summed E-state index contributed by atoms with van der Waals surface area (Å²) >= 11 is 2.91. The van der Waals surface area contributed by atoms with Gasteiger partial charge in [-0.15, -0.1) is 21.5 Å². The van der Waals surface area contributed by atoms with Crippen molar-refractivity contribution in [3.8, 4) is 11.1 Å². The molecule has 0 fully saturated rings. The molecule has 3 aromatic heterocycles. The number of benzene rings is 1. The van der Waals surface area contributed by atoms with Crippen molar-refractivity contribution < 1.29 is 4.42 Å². The molecule has 0 aliphatic heterocycles. The van der Waals surface area contributed by atoms with E-state index in [2.05, 4.69) is 42.2 Å². The fourth-order valence-electron chi connectivity index (χ4n) is 2.83. The molecule has 1 aromatic carbocycles. The highest BCUT2D eigenvalue weighted by atomic mass is 32.2. The average Bonchev–Trinajstić information content (AvgIpc) is 3.25. The minimum Gasteiger partial charge on any atom is -0.425 e. The van der Waals surface area contributed by atoms with Crippen LogP contribution in [0.15, 0.2) is 37.9 Å². The van der Waals surface area contributed by atoms with Crippen molar-refractivity contribution in [2.24, 2.45) is 7.05 Å². The monoisotopic (exact) mass is 398 g/mol. The van der Waals surface area contributed by atoms with Crippen LogP contribution < -0.4 is 5.56 Å². The Bertz CT molecular complexity index is 1210. The molecular weight excluding hydrogens is 380 g/mol. The van der Waals surface area contributed by atoms with Gasteiger partial charge in [0.1, 0.15) is 4.83 Å². The summed E-state index contributed by atoms with van der Waals surface area (Å²) < 4.78 is 6.98. The Morgan fingerprint density at radius 3 is 2.70 bits per heavy atom. The molecular formula is C19H18N4O2S2. The van der Waals surface area contributed by atoms with Crippen LogP contribution in [0.4, 0.5) is 0 Å². The minimum absolute atomic E-state index is 0.0429. The van der Waals surface area contributed by atoms with Crippen molar-refractivity contribution in [2.75, 3.05) is 0 Å². The van der Waals surface area contributed by atoms with Gasteiger partial charge in [0.15, 0.2) is 5.16 Å². The van der Waals surface area contributed by atoms with Crippen LogP contribution in [-0.2, 0) is 12.8 Å². The largest absolute Gasteiger partial charge is 0.425 e. The molecule has 0 unspecified atom stereocenters. The number of hydrogen-bond acceptors (Lipinski definition) is 7. The molecule has 0 N–H and O–H groups in total. The first kappa shape index (κ1) is 17.9. The molecule has 0 amide bonds. The van der Waals surface area contributed by atoms with Crippen molar-refractivity contribution in [1.29, 1.82) is 0 Å². The van der Waals surface area contributed by atoms with Gasteiger partial charge in [0.25, 0.3) is 5.56 Å². The second-order valence-electron chi connectivity index (χ2n) is 6.39. The van der Waals surface area contributed by atoms with Crippen LogP contribution in [0.2, 0.25) is 0 Å². The summed E-state index contributed by atoms with van der Waals surface area (Å²) in [5, 5.41) is 11.1. The summed E-state index contributed by atoms with van der Waals surface area (Å²) in [5.41, 5.74) is 4.39. The molecule has 27 heavy (non-hydrogen) atoms. The van der Waals surface area contributed by atoms with Gasteiger partial charge in [-0.05, 0) is 30.5 Å². The summed E-state index contributed by atoms with van der Waals surface area (Å²) in [4.78, 5) is 18.5. The van der Waals surface area contributed by atoms with E-state index in [9.17, 15) is 4.79 Å². The zero-order valence-corrected chi connectivity index (χ0v) is 17.1. The van der Waals surface area contributed by atoms with E-state index in [-0.39, 0.29) is 5.56 Å². The van der Waals surface area contributed by atoms with Gasteiger partial charge < -0.3 is 4.42 Å². The first-order valence-electron chi connectivity index (χ1n) is 8.41. The van der Waals surface area contributed by atoms with Gasteiger partial charge in [-0.25, -0.2) is 4.98 Å². The van der Waals surface area contributed by atoms with Gasteiger partial charge >= 0.3 is 0 Å². The van der Waals surface area contributed by atoms with Crippen molar-refractivity contribution >= 4 is 33.3 Å². The molecule has 0 atom stereocenters. The number of nitrogens with zero attached hydrogens (tertiary/aromatic N) is 4. The number of hydrogen-bond donors (Lipinski definition) is 0. The van der Waals surface area contributed by atoms with Gasteiger partial charge in [-0.1, -0.05) is 30.0 Å². The standard InChI is InChI=1S/C19H18N4O2S2/c1-10-5-6-13(7-11(10)2)14-8-26-17-16(14)18(24)23(4)19(20-17)27-9-15-22-21-12(3)25-15/h5-8H,9H2,1-4H3. The summed E-state index contributed by atoms with van der Waals surface area (Å²) in [5.74, 6) is 1.52. The van der Waals surface area contributed by atoms with Crippen molar-refractivity contribution in [1.82, 2.24) is 19.7 Å². The number of fused-ring (bicyclic) bond motifs is 1. The number of thiophene rings is 1. The van der Waals surface area contributed by atoms with Crippen LogP contribution >= 0.6 is 23.1 Å². The first-order valence-corrected chi connectivity index (χ1v) is 10.3. The Hall–Kier alpha value is -2.45. The zero-order valence-electron chi connectivity index (χ0n) is 15.4. The topological polar surface area (TPSA) is 73.8 Å². The smallest absolute Gasteiger partial charge is 0.263 e. The third-order valence-corrected chi connectivity index (χ3v) is 6.37. The molecule has 4 rings (SSSR count). The second kappa shape index (κ2) is 6.94.